The van der Waals surface area contributed by atoms with Gasteiger partial charge in [0.25, 0.3) is 11.5 Å². The van der Waals surface area contributed by atoms with Crippen molar-refractivity contribution in [2.24, 2.45) is 5.92 Å². The molecule has 0 bridgehead atoms. The van der Waals surface area contributed by atoms with Gasteiger partial charge in [0.1, 0.15) is 5.69 Å². The fourth-order valence-electron chi connectivity index (χ4n) is 3.79. The van der Waals surface area contributed by atoms with E-state index in [0.29, 0.717) is 35.0 Å². The molecule has 3 heterocycles. The summed E-state index contributed by atoms with van der Waals surface area (Å²) in [5.41, 5.74) is 1.98. The molecule has 1 fully saturated rings. The van der Waals surface area contributed by atoms with Gasteiger partial charge in [0.15, 0.2) is 0 Å². The van der Waals surface area contributed by atoms with Gasteiger partial charge in [-0.1, -0.05) is 25.1 Å². The standard InChI is InChI=1S/C21H24N4O2/c1-3-23-13-17(20(26)24-11-7-8-15(2)12-24)19-18(14-23)21(27)25(22-19)16-9-5-4-6-10-16/h4-6,9-10,13-15H,3,7-8,11-12H2,1-2H3/t15-/m0/s1. The smallest absolute Gasteiger partial charge is 0.282 e. The number of amides is 1. The van der Waals surface area contributed by atoms with Crippen LogP contribution < -0.4 is 5.56 Å². The van der Waals surface area contributed by atoms with Gasteiger partial charge in [-0.15, -0.1) is 0 Å². The third-order valence-electron chi connectivity index (χ3n) is 5.26. The average Bonchev–Trinajstić information content (AvgIpc) is 3.04. The number of rotatable bonds is 3. The highest BCUT2D eigenvalue weighted by Crippen LogP contribution is 2.25. The van der Waals surface area contributed by atoms with Crippen molar-refractivity contribution in [3.8, 4) is 16.9 Å². The Bertz CT molecular complexity index is 989. The second kappa shape index (κ2) is 7.02. The van der Waals surface area contributed by atoms with Crippen molar-refractivity contribution in [1.82, 2.24) is 19.2 Å². The lowest BCUT2D eigenvalue weighted by Crippen LogP contribution is -2.39. The molecule has 0 aromatic heterocycles. The number of carbonyl (C=O) groups excluding carboxylic acids is 1. The number of likely N-dealkylation sites (tertiary alicyclic amines) is 1. The van der Waals surface area contributed by atoms with Gasteiger partial charge in [0, 0.05) is 32.0 Å². The summed E-state index contributed by atoms with van der Waals surface area (Å²) >= 11 is 0. The molecule has 6 nitrogen and oxygen atoms in total. The molecular formula is C21H24N4O2. The summed E-state index contributed by atoms with van der Waals surface area (Å²) in [6.07, 6.45) is 5.78. The predicted molar refractivity (Wildman–Crippen MR) is 104 cm³/mol. The first kappa shape index (κ1) is 17.5. The maximum absolute atomic E-state index is 13.2. The Balaban J connectivity index is 1.85. The molecular weight excluding hydrogens is 340 g/mol. The molecule has 3 aliphatic heterocycles. The first-order valence-electron chi connectivity index (χ1n) is 9.56. The number of nitrogens with zero attached hydrogens (tertiary/aromatic N) is 4. The minimum atomic E-state index is -0.194. The average molecular weight is 364 g/mol. The molecule has 1 amide bonds. The van der Waals surface area contributed by atoms with Crippen LogP contribution in [0.25, 0.3) is 16.9 Å². The van der Waals surface area contributed by atoms with Crippen LogP contribution in [0.4, 0.5) is 0 Å². The highest BCUT2D eigenvalue weighted by Gasteiger charge is 2.29. The van der Waals surface area contributed by atoms with Crippen LogP contribution >= 0.6 is 0 Å². The minimum absolute atomic E-state index is 0.0351. The minimum Gasteiger partial charge on any atom is -0.353 e. The quantitative estimate of drug-likeness (QED) is 0.718. The Kier molecular flexibility index (Phi) is 4.56. The van der Waals surface area contributed by atoms with Crippen LogP contribution in [0.5, 0.6) is 0 Å². The second-order valence-electron chi connectivity index (χ2n) is 7.32. The molecule has 6 heteroatoms. The summed E-state index contributed by atoms with van der Waals surface area (Å²) < 4.78 is 3.28. The third kappa shape index (κ3) is 3.16. The Hall–Kier alpha value is -2.89. The van der Waals surface area contributed by atoms with Crippen LogP contribution in [-0.2, 0) is 6.54 Å². The van der Waals surface area contributed by atoms with Crippen molar-refractivity contribution in [2.45, 2.75) is 33.2 Å². The first-order chi connectivity index (χ1) is 13.1. The van der Waals surface area contributed by atoms with Gasteiger partial charge in [-0.2, -0.15) is 9.78 Å². The van der Waals surface area contributed by atoms with Crippen LogP contribution in [0.1, 0.15) is 37.0 Å². The summed E-state index contributed by atoms with van der Waals surface area (Å²) in [5.74, 6) is 0.462. The Labute approximate surface area is 158 Å². The second-order valence-corrected chi connectivity index (χ2v) is 7.32. The van der Waals surface area contributed by atoms with Crippen molar-refractivity contribution in [3.63, 3.8) is 0 Å². The van der Waals surface area contributed by atoms with E-state index in [1.165, 1.54) is 4.68 Å². The summed E-state index contributed by atoms with van der Waals surface area (Å²) in [6.45, 7) is 6.37. The van der Waals surface area contributed by atoms with E-state index in [-0.39, 0.29) is 11.5 Å². The monoisotopic (exact) mass is 364 g/mol. The molecule has 140 valence electrons. The van der Waals surface area contributed by atoms with E-state index >= 15 is 0 Å². The highest BCUT2D eigenvalue weighted by molar-refractivity contribution is 6.00. The molecule has 3 aliphatic rings. The van der Waals surface area contributed by atoms with E-state index < -0.39 is 0 Å². The van der Waals surface area contributed by atoms with Crippen LogP contribution in [-0.4, -0.2) is 38.2 Å². The van der Waals surface area contributed by atoms with E-state index in [0.717, 1.165) is 25.9 Å². The summed E-state index contributed by atoms with van der Waals surface area (Å²) in [6, 6.07) is 9.32. The van der Waals surface area contributed by atoms with Gasteiger partial charge in [-0.3, -0.25) is 9.59 Å². The lowest BCUT2D eigenvalue weighted by Gasteiger charge is -2.31. The number of aromatic nitrogens is 3. The lowest BCUT2D eigenvalue weighted by molar-refractivity contribution is 0.0682. The molecule has 1 atom stereocenters. The molecule has 0 unspecified atom stereocenters. The number of aryl methyl sites for hydroxylation is 1. The van der Waals surface area contributed by atoms with E-state index in [1.807, 2.05) is 52.9 Å². The van der Waals surface area contributed by atoms with Crippen LogP contribution in [0.3, 0.4) is 0 Å². The van der Waals surface area contributed by atoms with Gasteiger partial charge in [-0.05, 0) is 37.8 Å². The summed E-state index contributed by atoms with van der Waals surface area (Å²) in [5, 5.41) is 4.54. The van der Waals surface area contributed by atoms with Crippen molar-refractivity contribution in [2.75, 3.05) is 13.1 Å². The predicted octanol–water partition coefficient (Wildman–Crippen LogP) is 3.03. The largest absolute Gasteiger partial charge is 0.353 e. The molecule has 1 aromatic rings. The molecule has 1 saturated heterocycles. The maximum atomic E-state index is 13.2. The molecule has 0 radical (unpaired) electrons. The zero-order chi connectivity index (χ0) is 19.0. The van der Waals surface area contributed by atoms with E-state index in [4.69, 9.17) is 0 Å². The lowest BCUT2D eigenvalue weighted by atomic mass is 9.99. The van der Waals surface area contributed by atoms with Gasteiger partial charge in [0.05, 0.1) is 16.8 Å². The molecule has 4 rings (SSSR count). The summed E-state index contributed by atoms with van der Waals surface area (Å²) in [4.78, 5) is 28.1. The SMILES string of the molecule is CCn1cc(C(=O)N2CCC[C@H](C)C2)c2nn(-c3ccccc3)c(=O)c-2c1. The van der Waals surface area contributed by atoms with Crippen molar-refractivity contribution in [3.05, 3.63) is 58.6 Å². The summed E-state index contributed by atoms with van der Waals surface area (Å²) in [7, 11) is 0. The van der Waals surface area contributed by atoms with Gasteiger partial charge in [-0.25, -0.2) is 0 Å². The zero-order valence-corrected chi connectivity index (χ0v) is 15.8. The van der Waals surface area contributed by atoms with Gasteiger partial charge >= 0.3 is 0 Å². The van der Waals surface area contributed by atoms with E-state index in [1.54, 1.807) is 6.20 Å². The number of para-hydroxylation sites is 1. The topological polar surface area (TPSA) is 60.1 Å². The number of benzene rings is 1. The fourth-order valence-corrected chi connectivity index (χ4v) is 3.79. The normalized spacial score (nSPS) is 17.4. The Morgan fingerprint density at radius 1 is 1.22 bits per heavy atom. The van der Waals surface area contributed by atoms with E-state index in [9.17, 15) is 9.59 Å². The molecule has 1 aromatic carbocycles. The van der Waals surface area contributed by atoms with Crippen molar-refractivity contribution < 1.29 is 4.79 Å². The number of hydrogen-bond acceptors (Lipinski definition) is 3. The van der Waals surface area contributed by atoms with Gasteiger partial charge in [0.2, 0.25) is 0 Å². The Morgan fingerprint density at radius 2 is 2.00 bits per heavy atom. The fraction of sp³-hybridized carbons (Fsp3) is 0.381. The number of hydrogen-bond donors (Lipinski definition) is 0. The number of piperidine rings is 1. The molecule has 0 saturated carbocycles. The first-order valence-corrected chi connectivity index (χ1v) is 9.56. The number of carbonyl (C=O) groups is 1. The third-order valence-corrected chi connectivity index (χ3v) is 5.26. The van der Waals surface area contributed by atoms with Gasteiger partial charge < -0.3 is 9.47 Å². The van der Waals surface area contributed by atoms with E-state index in [2.05, 4.69) is 12.0 Å². The zero-order valence-electron chi connectivity index (χ0n) is 15.8. The Morgan fingerprint density at radius 3 is 2.70 bits per heavy atom. The number of fused-ring (bicyclic) bond motifs is 1. The molecule has 0 aliphatic carbocycles. The van der Waals surface area contributed by atoms with Crippen LogP contribution in [0, 0.1) is 5.92 Å². The highest BCUT2D eigenvalue weighted by atomic mass is 16.2. The molecule has 0 spiro atoms. The van der Waals surface area contributed by atoms with Crippen LogP contribution in [0.2, 0.25) is 0 Å². The number of pyridine rings is 1. The van der Waals surface area contributed by atoms with Crippen molar-refractivity contribution in [1.29, 1.82) is 0 Å². The van der Waals surface area contributed by atoms with Crippen LogP contribution in [0.15, 0.2) is 47.5 Å². The maximum Gasteiger partial charge on any atom is 0.282 e. The van der Waals surface area contributed by atoms with Crippen molar-refractivity contribution >= 4 is 5.91 Å². The molecule has 27 heavy (non-hydrogen) atoms. The molecule has 0 N–H and O–H groups in total.